The standard InChI is InChI=1S/C22H25N5O2S/c1-16(28)24-22-23-13-18(30-22)14-26-9-11-27(12-10-26)15-21(29)25-20-8-4-6-17-5-2-3-7-19(17)20/h2-8,13H,9-12,14-15H2,1H3,(H,25,29)(H,23,24,28). The number of fused-ring (bicyclic) bond motifs is 1. The number of carbonyl (C=O) groups is 2. The molecule has 8 heteroatoms. The van der Waals surface area contributed by atoms with E-state index in [1.165, 1.54) is 18.3 Å². The van der Waals surface area contributed by atoms with Gasteiger partial charge in [0.1, 0.15) is 0 Å². The molecule has 0 radical (unpaired) electrons. The zero-order valence-electron chi connectivity index (χ0n) is 16.9. The van der Waals surface area contributed by atoms with Crippen LogP contribution in [0.5, 0.6) is 0 Å². The number of piperazine rings is 1. The van der Waals surface area contributed by atoms with Crippen LogP contribution in [0.4, 0.5) is 10.8 Å². The summed E-state index contributed by atoms with van der Waals surface area (Å²) in [6.07, 6.45) is 1.82. The van der Waals surface area contributed by atoms with Crippen LogP contribution in [0.1, 0.15) is 11.8 Å². The Bertz CT molecular complexity index is 1040. The lowest BCUT2D eigenvalue weighted by molar-refractivity contribution is -0.117. The van der Waals surface area contributed by atoms with Crippen molar-refractivity contribution < 1.29 is 9.59 Å². The van der Waals surface area contributed by atoms with Crippen molar-refractivity contribution in [3.63, 3.8) is 0 Å². The fourth-order valence-corrected chi connectivity index (χ4v) is 4.54. The number of amides is 2. The third kappa shape index (κ3) is 5.21. The fraction of sp³-hybridized carbons (Fsp3) is 0.318. The van der Waals surface area contributed by atoms with Crippen molar-refractivity contribution in [1.29, 1.82) is 0 Å². The van der Waals surface area contributed by atoms with Gasteiger partial charge in [-0.3, -0.25) is 19.4 Å². The molecular weight excluding hydrogens is 398 g/mol. The molecule has 0 bridgehead atoms. The van der Waals surface area contributed by atoms with Crippen LogP contribution in [0.25, 0.3) is 10.8 Å². The maximum Gasteiger partial charge on any atom is 0.238 e. The molecule has 1 aliphatic heterocycles. The summed E-state index contributed by atoms with van der Waals surface area (Å²) in [7, 11) is 0. The van der Waals surface area contributed by atoms with Crippen molar-refractivity contribution in [2.45, 2.75) is 13.5 Å². The van der Waals surface area contributed by atoms with Gasteiger partial charge < -0.3 is 10.6 Å². The van der Waals surface area contributed by atoms with Crippen molar-refractivity contribution in [2.75, 3.05) is 43.4 Å². The molecule has 156 valence electrons. The van der Waals surface area contributed by atoms with E-state index in [1.807, 2.05) is 48.7 Å². The summed E-state index contributed by atoms with van der Waals surface area (Å²) in [6, 6.07) is 14.0. The van der Waals surface area contributed by atoms with Gasteiger partial charge in [-0.1, -0.05) is 36.4 Å². The summed E-state index contributed by atoms with van der Waals surface area (Å²) >= 11 is 1.51. The normalized spacial score (nSPS) is 15.2. The quantitative estimate of drug-likeness (QED) is 0.637. The van der Waals surface area contributed by atoms with Gasteiger partial charge in [-0.15, -0.1) is 11.3 Å². The molecular formula is C22H25N5O2S. The van der Waals surface area contributed by atoms with Crippen molar-refractivity contribution in [3.05, 3.63) is 53.5 Å². The predicted octanol–water partition coefficient (Wildman–Crippen LogP) is 3.01. The summed E-state index contributed by atoms with van der Waals surface area (Å²) < 4.78 is 0. The molecule has 30 heavy (non-hydrogen) atoms. The molecule has 0 unspecified atom stereocenters. The Morgan fingerprint density at radius 3 is 2.53 bits per heavy atom. The highest BCUT2D eigenvalue weighted by Gasteiger charge is 2.20. The first-order valence-corrected chi connectivity index (χ1v) is 10.8. The first kappa shape index (κ1) is 20.5. The second kappa shape index (κ2) is 9.34. The van der Waals surface area contributed by atoms with Gasteiger partial charge in [0.05, 0.1) is 6.54 Å². The highest BCUT2D eigenvalue weighted by Crippen LogP contribution is 2.23. The number of anilines is 2. The highest BCUT2D eigenvalue weighted by molar-refractivity contribution is 7.15. The molecule has 4 rings (SSSR count). The van der Waals surface area contributed by atoms with E-state index in [-0.39, 0.29) is 11.8 Å². The molecule has 3 aromatic rings. The average Bonchev–Trinajstić information content (AvgIpc) is 3.16. The minimum absolute atomic E-state index is 0.0159. The molecule has 2 aromatic carbocycles. The van der Waals surface area contributed by atoms with Crippen LogP contribution in [-0.4, -0.2) is 59.3 Å². The average molecular weight is 424 g/mol. The molecule has 1 aromatic heterocycles. The molecule has 7 nitrogen and oxygen atoms in total. The Hall–Kier alpha value is -2.81. The van der Waals surface area contributed by atoms with Gasteiger partial charge in [0.15, 0.2) is 5.13 Å². The number of aromatic nitrogens is 1. The number of thiazole rings is 1. The lowest BCUT2D eigenvalue weighted by Crippen LogP contribution is -2.48. The third-order valence-electron chi connectivity index (χ3n) is 5.11. The maximum atomic E-state index is 12.6. The lowest BCUT2D eigenvalue weighted by Gasteiger charge is -2.33. The number of carbonyl (C=O) groups excluding carboxylic acids is 2. The Balaban J connectivity index is 1.26. The van der Waals surface area contributed by atoms with E-state index in [9.17, 15) is 9.59 Å². The van der Waals surface area contributed by atoms with Gasteiger partial charge >= 0.3 is 0 Å². The van der Waals surface area contributed by atoms with Crippen LogP contribution in [0.2, 0.25) is 0 Å². The van der Waals surface area contributed by atoms with Crippen LogP contribution in [0, 0.1) is 0 Å². The molecule has 2 heterocycles. The minimum atomic E-state index is -0.105. The van der Waals surface area contributed by atoms with Crippen molar-refractivity contribution >= 4 is 44.7 Å². The van der Waals surface area contributed by atoms with Crippen LogP contribution in [-0.2, 0) is 16.1 Å². The zero-order chi connectivity index (χ0) is 20.9. The summed E-state index contributed by atoms with van der Waals surface area (Å²) in [5, 5.41) is 8.60. The van der Waals surface area contributed by atoms with Crippen LogP contribution >= 0.6 is 11.3 Å². The molecule has 0 spiro atoms. The predicted molar refractivity (Wildman–Crippen MR) is 121 cm³/mol. The number of benzene rings is 2. The van der Waals surface area contributed by atoms with Gasteiger partial charge in [-0.25, -0.2) is 4.98 Å². The van der Waals surface area contributed by atoms with Gasteiger partial charge in [-0.05, 0) is 11.5 Å². The van der Waals surface area contributed by atoms with Gasteiger partial charge in [0.25, 0.3) is 0 Å². The number of nitrogens with zero attached hydrogens (tertiary/aromatic N) is 3. The Kier molecular flexibility index (Phi) is 6.37. The SMILES string of the molecule is CC(=O)Nc1ncc(CN2CCN(CC(=O)Nc3cccc4ccccc34)CC2)s1. The maximum absolute atomic E-state index is 12.6. The second-order valence-corrected chi connectivity index (χ2v) is 8.56. The van der Waals surface area contributed by atoms with E-state index >= 15 is 0 Å². The van der Waals surface area contributed by atoms with E-state index in [2.05, 4.69) is 25.4 Å². The zero-order valence-corrected chi connectivity index (χ0v) is 17.7. The topological polar surface area (TPSA) is 77.6 Å². The summed E-state index contributed by atoms with van der Waals surface area (Å²) in [6.45, 7) is 6.18. The van der Waals surface area contributed by atoms with Crippen molar-refractivity contribution in [2.24, 2.45) is 0 Å². The molecule has 2 N–H and O–H groups in total. The van der Waals surface area contributed by atoms with E-state index in [4.69, 9.17) is 0 Å². The minimum Gasteiger partial charge on any atom is -0.324 e. The fourth-order valence-electron chi connectivity index (χ4n) is 3.64. The molecule has 0 aliphatic carbocycles. The lowest BCUT2D eigenvalue weighted by atomic mass is 10.1. The first-order valence-electron chi connectivity index (χ1n) is 10.0. The molecule has 1 aliphatic rings. The first-order chi connectivity index (χ1) is 14.6. The largest absolute Gasteiger partial charge is 0.324 e. The Morgan fingerprint density at radius 1 is 1.00 bits per heavy atom. The number of rotatable bonds is 6. The number of nitrogens with one attached hydrogen (secondary N) is 2. The Labute approximate surface area is 179 Å². The van der Waals surface area contributed by atoms with Gasteiger partial charge in [0.2, 0.25) is 11.8 Å². The molecule has 2 amide bonds. The van der Waals surface area contributed by atoms with Crippen LogP contribution < -0.4 is 10.6 Å². The monoisotopic (exact) mass is 423 g/mol. The molecule has 1 fully saturated rings. The Morgan fingerprint density at radius 2 is 1.73 bits per heavy atom. The number of hydrogen-bond donors (Lipinski definition) is 2. The van der Waals surface area contributed by atoms with Crippen LogP contribution in [0.3, 0.4) is 0 Å². The van der Waals surface area contributed by atoms with E-state index in [0.29, 0.717) is 11.7 Å². The molecule has 0 atom stereocenters. The number of hydrogen-bond acceptors (Lipinski definition) is 6. The van der Waals surface area contributed by atoms with Gasteiger partial charge in [0, 0.05) is 61.8 Å². The van der Waals surface area contributed by atoms with Gasteiger partial charge in [-0.2, -0.15) is 0 Å². The smallest absolute Gasteiger partial charge is 0.238 e. The second-order valence-electron chi connectivity index (χ2n) is 7.44. The van der Waals surface area contributed by atoms with Crippen LogP contribution in [0.15, 0.2) is 48.7 Å². The van der Waals surface area contributed by atoms with Crippen molar-refractivity contribution in [3.8, 4) is 0 Å². The van der Waals surface area contributed by atoms with E-state index in [0.717, 1.165) is 54.1 Å². The van der Waals surface area contributed by atoms with E-state index in [1.54, 1.807) is 0 Å². The summed E-state index contributed by atoms with van der Waals surface area (Å²) in [4.78, 5) is 33.6. The highest BCUT2D eigenvalue weighted by atomic mass is 32.1. The van der Waals surface area contributed by atoms with E-state index < -0.39 is 0 Å². The molecule has 0 saturated carbocycles. The van der Waals surface area contributed by atoms with Crippen molar-refractivity contribution in [1.82, 2.24) is 14.8 Å². The summed E-state index contributed by atoms with van der Waals surface area (Å²) in [5.74, 6) is -0.0894. The third-order valence-corrected chi connectivity index (χ3v) is 6.01. The summed E-state index contributed by atoms with van der Waals surface area (Å²) in [5.41, 5.74) is 0.858. The molecule has 1 saturated heterocycles.